The maximum atomic E-state index is 13.4. The lowest BCUT2D eigenvalue weighted by atomic mass is 10.1. The van der Waals surface area contributed by atoms with Gasteiger partial charge in [-0.05, 0) is 37.6 Å². The minimum Gasteiger partial charge on any atom is -0.312 e. The Kier molecular flexibility index (Phi) is 4.87. The fourth-order valence-corrected chi connectivity index (χ4v) is 3.66. The van der Waals surface area contributed by atoms with E-state index in [1.54, 1.807) is 17.8 Å². The molecule has 0 fully saturated rings. The van der Waals surface area contributed by atoms with E-state index in [0.717, 1.165) is 22.0 Å². The van der Waals surface area contributed by atoms with Crippen molar-refractivity contribution in [3.63, 3.8) is 0 Å². The Morgan fingerprint density at radius 2 is 2.12 bits per heavy atom. The summed E-state index contributed by atoms with van der Waals surface area (Å²) in [6, 6.07) is 4.40. The average molecular weight is 379 g/mol. The highest BCUT2D eigenvalue weighted by Crippen LogP contribution is 2.27. The number of aryl methyl sites for hydroxylation is 2. The molecule has 3 rings (SSSR count). The van der Waals surface area contributed by atoms with Gasteiger partial charge in [-0.2, -0.15) is 5.10 Å². The topological polar surface area (TPSA) is 59.8 Å². The molecule has 0 aliphatic heterocycles. The molecule has 0 aliphatic rings. The van der Waals surface area contributed by atoms with Gasteiger partial charge in [-0.25, -0.2) is 9.37 Å². The molecule has 0 spiro atoms. The first-order valence-corrected chi connectivity index (χ1v) is 8.74. The van der Waals surface area contributed by atoms with Crippen LogP contribution >= 0.6 is 22.9 Å². The van der Waals surface area contributed by atoms with Crippen LogP contribution in [0.25, 0.3) is 0 Å². The van der Waals surface area contributed by atoms with Gasteiger partial charge >= 0.3 is 0 Å². The Hall–Kier alpha value is -2.25. The zero-order valence-corrected chi connectivity index (χ0v) is 15.5. The van der Waals surface area contributed by atoms with Crippen LogP contribution in [-0.4, -0.2) is 20.7 Å². The Morgan fingerprint density at radius 1 is 1.36 bits per heavy atom. The van der Waals surface area contributed by atoms with Crippen LogP contribution in [0.3, 0.4) is 0 Å². The number of carbonyl (C=O) groups excluding carboxylic acids is 1. The van der Waals surface area contributed by atoms with Crippen molar-refractivity contribution in [3.05, 3.63) is 62.8 Å². The fourth-order valence-electron chi connectivity index (χ4n) is 2.42. The first-order valence-electron chi connectivity index (χ1n) is 7.54. The number of aromatic nitrogens is 3. The molecule has 3 aromatic rings. The summed E-state index contributed by atoms with van der Waals surface area (Å²) in [5.74, 6) is -0.603. The smallest absolute Gasteiger partial charge is 0.259 e. The third-order valence-electron chi connectivity index (χ3n) is 3.83. The first-order chi connectivity index (χ1) is 11.8. The van der Waals surface area contributed by atoms with Crippen molar-refractivity contribution in [2.45, 2.75) is 20.3 Å². The zero-order chi connectivity index (χ0) is 18.1. The van der Waals surface area contributed by atoms with E-state index in [1.807, 2.05) is 13.8 Å². The molecule has 1 aromatic carbocycles. The number of nitrogens with one attached hydrogen (secondary N) is 1. The molecular weight excluding hydrogens is 363 g/mol. The summed E-state index contributed by atoms with van der Waals surface area (Å²) in [5.41, 5.74) is 2.76. The predicted octanol–water partition coefficient (Wildman–Crippen LogP) is 4.13. The molecule has 0 unspecified atom stereocenters. The van der Waals surface area contributed by atoms with E-state index in [2.05, 4.69) is 15.4 Å². The number of carbonyl (C=O) groups is 1. The van der Waals surface area contributed by atoms with Gasteiger partial charge in [-0.3, -0.25) is 9.48 Å². The molecule has 130 valence electrons. The van der Waals surface area contributed by atoms with E-state index < -0.39 is 0 Å². The maximum absolute atomic E-state index is 13.4. The summed E-state index contributed by atoms with van der Waals surface area (Å²) in [6.45, 7) is 3.66. The SMILES string of the molecule is Cc1nc(Cc2cc(F)cc(Cl)c2)sc1NC(=O)c1cnn(C)c1C. The fraction of sp³-hybridized carbons (Fsp3) is 0.235. The van der Waals surface area contributed by atoms with Crippen LogP contribution in [0.4, 0.5) is 9.39 Å². The van der Waals surface area contributed by atoms with Crippen molar-refractivity contribution in [2.75, 3.05) is 5.32 Å². The molecule has 0 atom stereocenters. The summed E-state index contributed by atoms with van der Waals surface area (Å²) >= 11 is 7.25. The van der Waals surface area contributed by atoms with Gasteiger partial charge < -0.3 is 5.32 Å². The Morgan fingerprint density at radius 3 is 2.76 bits per heavy atom. The highest BCUT2D eigenvalue weighted by molar-refractivity contribution is 7.16. The molecule has 1 N–H and O–H groups in total. The molecule has 0 saturated carbocycles. The van der Waals surface area contributed by atoms with Crippen LogP contribution in [0.5, 0.6) is 0 Å². The summed E-state index contributed by atoms with van der Waals surface area (Å²) in [7, 11) is 1.78. The highest BCUT2D eigenvalue weighted by Gasteiger charge is 2.16. The van der Waals surface area contributed by atoms with Crippen molar-refractivity contribution < 1.29 is 9.18 Å². The molecule has 2 heterocycles. The molecule has 0 radical (unpaired) electrons. The van der Waals surface area contributed by atoms with Crippen molar-refractivity contribution in [1.82, 2.24) is 14.8 Å². The maximum Gasteiger partial charge on any atom is 0.259 e. The van der Waals surface area contributed by atoms with Gasteiger partial charge in [0.25, 0.3) is 5.91 Å². The van der Waals surface area contributed by atoms with Crippen molar-refractivity contribution >= 4 is 33.8 Å². The molecule has 5 nitrogen and oxygen atoms in total. The number of rotatable bonds is 4. The van der Waals surface area contributed by atoms with Crippen LogP contribution in [0.15, 0.2) is 24.4 Å². The van der Waals surface area contributed by atoms with E-state index in [4.69, 9.17) is 11.6 Å². The molecule has 8 heteroatoms. The number of thiazole rings is 1. The lowest BCUT2D eigenvalue weighted by Crippen LogP contribution is -2.12. The van der Waals surface area contributed by atoms with Crippen molar-refractivity contribution in [1.29, 1.82) is 0 Å². The van der Waals surface area contributed by atoms with Gasteiger partial charge in [0.05, 0.1) is 22.5 Å². The molecule has 25 heavy (non-hydrogen) atoms. The van der Waals surface area contributed by atoms with E-state index in [0.29, 0.717) is 22.0 Å². The van der Waals surface area contributed by atoms with Crippen LogP contribution in [0, 0.1) is 19.7 Å². The second kappa shape index (κ2) is 6.93. The minimum absolute atomic E-state index is 0.224. The van der Waals surface area contributed by atoms with Gasteiger partial charge in [0, 0.05) is 24.2 Å². The van der Waals surface area contributed by atoms with Crippen LogP contribution in [-0.2, 0) is 13.5 Å². The number of benzene rings is 1. The minimum atomic E-state index is -0.378. The Balaban J connectivity index is 1.78. The first kappa shape index (κ1) is 17.6. The molecule has 0 bridgehead atoms. The van der Waals surface area contributed by atoms with E-state index in [-0.39, 0.29) is 11.7 Å². The second-order valence-electron chi connectivity index (χ2n) is 5.70. The van der Waals surface area contributed by atoms with E-state index in [9.17, 15) is 9.18 Å². The number of hydrogen-bond acceptors (Lipinski definition) is 4. The van der Waals surface area contributed by atoms with Gasteiger partial charge in [0.2, 0.25) is 0 Å². The van der Waals surface area contributed by atoms with Gasteiger partial charge in [0.15, 0.2) is 0 Å². The standard InChI is InChI=1S/C17H16ClFN4OS/c1-9-17(22-16(24)14-8-20-23(3)10(14)2)25-15(21-9)6-11-4-12(18)7-13(19)5-11/h4-5,7-8H,6H2,1-3H3,(H,22,24). The van der Waals surface area contributed by atoms with E-state index in [1.165, 1.54) is 29.7 Å². The molecule has 0 aliphatic carbocycles. The molecule has 1 amide bonds. The van der Waals surface area contributed by atoms with Gasteiger partial charge in [-0.1, -0.05) is 11.6 Å². The summed E-state index contributed by atoms with van der Waals surface area (Å²) in [6.07, 6.45) is 1.99. The second-order valence-corrected chi connectivity index (χ2v) is 7.22. The third kappa shape index (κ3) is 3.88. The Bertz CT molecular complexity index is 930. The molecular formula is C17H16ClFN4OS. The highest BCUT2D eigenvalue weighted by atomic mass is 35.5. The summed E-state index contributed by atoms with van der Waals surface area (Å²) in [4.78, 5) is 16.9. The van der Waals surface area contributed by atoms with Gasteiger partial charge in [-0.15, -0.1) is 11.3 Å². The molecule has 0 saturated heterocycles. The number of hydrogen-bond donors (Lipinski definition) is 1. The monoisotopic (exact) mass is 378 g/mol. The largest absolute Gasteiger partial charge is 0.312 e. The summed E-state index contributed by atoms with van der Waals surface area (Å²) in [5, 5.41) is 8.75. The van der Waals surface area contributed by atoms with Crippen LogP contribution in [0.1, 0.15) is 32.3 Å². The van der Waals surface area contributed by atoms with Gasteiger partial charge in [0.1, 0.15) is 10.8 Å². The Labute approximate surface area is 153 Å². The normalized spacial score (nSPS) is 10.9. The average Bonchev–Trinajstić information content (AvgIpc) is 3.01. The molecule has 2 aromatic heterocycles. The van der Waals surface area contributed by atoms with Crippen molar-refractivity contribution in [3.8, 4) is 0 Å². The lowest BCUT2D eigenvalue weighted by Gasteiger charge is -2.02. The lowest BCUT2D eigenvalue weighted by molar-refractivity contribution is 0.102. The quantitative estimate of drug-likeness (QED) is 0.742. The van der Waals surface area contributed by atoms with E-state index >= 15 is 0 Å². The van der Waals surface area contributed by atoms with Crippen LogP contribution < -0.4 is 5.32 Å². The number of amides is 1. The van der Waals surface area contributed by atoms with Crippen LogP contribution in [0.2, 0.25) is 5.02 Å². The number of nitrogens with zero attached hydrogens (tertiary/aromatic N) is 3. The predicted molar refractivity (Wildman–Crippen MR) is 97.0 cm³/mol. The van der Waals surface area contributed by atoms with Crippen molar-refractivity contribution in [2.24, 2.45) is 7.05 Å². The summed E-state index contributed by atoms with van der Waals surface area (Å²) < 4.78 is 15.1. The third-order valence-corrected chi connectivity index (χ3v) is 5.12. The number of halogens is 2. The zero-order valence-electron chi connectivity index (χ0n) is 13.9. The number of anilines is 1.